The summed E-state index contributed by atoms with van der Waals surface area (Å²) in [5.41, 5.74) is 1.10. The van der Waals surface area contributed by atoms with Gasteiger partial charge in [-0.2, -0.15) is 0 Å². The van der Waals surface area contributed by atoms with E-state index in [1.165, 1.54) is 25.0 Å². The molecule has 1 aromatic carbocycles. The zero-order chi connectivity index (χ0) is 16.4. The Morgan fingerprint density at radius 1 is 1.22 bits per heavy atom. The lowest BCUT2D eigenvalue weighted by Gasteiger charge is -2.24. The second kappa shape index (κ2) is 7.00. The average Bonchev–Trinajstić information content (AvgIpc) is 3.27. The predicted molar refractivity (Wildman–Crippen MR) is 89.6 cm³/mol. The van der Waals surface area contributed by atoms with Crippen molar-refractivity contribution in [2.45, 2.75) is 38.1 Å². The quantitative estimate of drug-likeness (QED) is 0.805. The number of aryl methyl sites for hydroxylation is 1. The van der Waals surface area contributed by atoms with Gasteiger partial charge in [-0.15, -0.1) is 0 Å². The third-order valence-electron chi connectivity index (χ3n) is 5.35. The molecule has 1 aliphatic heterocycles. The van der Waals surface area contributed by atoms with Crippen molar-refractivity contribution in [3.8, 4) is 0 Å². The normalized spacial score (nSPS) is 24.4. The van der Waals surface area contributed by atoms with E-state index in [9.17, 15) is 9.18 Å². The third-order valence-corrected chi connectivity index (χ3v) is 5.35. The minimum atomic E-state index is -0.206. The molecule has 0 spiro atoms. The summed E-state index contributed by atoms with van der Waals surface area (Å²) in [7, 11) is 4.26. The largest absolute Gasteiger partial charge is 0.341 e. The van der Waals surface area contributed by atoms with Crippen LogP contribution in [0.15, 0.2) is 24.3 Å². The number of carbonyl (C=O) groups excluding carboxylic acids is 1. The highest BCUT2D eigenvalue weighted by atomic mass is 19.1. The van der Waals surface area contributed by atoms with Gasteiger partial charge in [0.1, 0.15) is 5.82 Å². The monoisotopic (exact) mass is 318 g/mol. The zero-order valence-corrected chi connectivity index (χ0v) is 14.2. The number of likely N-dealkylation sites (tertiary alicyclic amines) is 1. The molecule has 1 aliphatic carbocycles. The molecule has 0 unspecified atom stereocenters. The van der Waals surface area contributed by atoms with Crippen LogP contribution in [-0.2, 0) is 11.2 Å². The van der Waals surface area contributed by atoms with Crippen LogP contribution in [0, 0.1) is 17.7 Å². The molecule has 2 atom stereocenters. The van der Waals surface area contributed by atoms with E-state index in [-0.39, 0.29) is 11.7 Å². The van der Waals surface area contributed by atoms with Crippen molar-refractivity contribution in [3.05, 3.63) is 35.6 Å². The molecule has 2 aliphatic rings. The Morgan fingerprint density at radius 3 is 2.52 bits per heavy atom. The van der Waals surface area contributed by atoms with E-state index < -0.39 is 0 Å². The van der Waals surface area contributed by atoms with Crippen LogP contribution in [0.5, 0.6) is 0 Å². The molecule has 0 N–H and O–H groups in total. The summed E-state index contributed by atoms with van der Waals surface area (Å²) in [4.78, 5) is 16.8. The Morgan fingerprint density at radius 2 is 1.91 bits per heavy atom. The lowest BCUT2D eigenvalue weighted by atomic mass is 9.97. The van der Waals surface area contributed by atoms with Crippen molar-refractivity contribution < 1.29 is 9.18 Å². The molecule has 23 heavy (non-hydrogen) atoms. The molecule has 1 amide bonds. The molecule has 1 saturated heterocycles. The molecular weight excluding hydrogens is 291 g/mol. The molecule has 0 radical (unpaired) electrons. The SMILES string of the molecule is CN(C)[C@@H]1CN(C(=O)CCCc2ccc(F)cc2)C[C@H]1C1CC1. The van der Waals surface area contributed by atoms with E-state index in [4.69, 9.17) is 0 Å². The van der Waals surface area contributed by atoms with E-state index in [1.807, 2.05) is 0 Å². The molecule has 0 aromatic heterocycles. The van der Waals surface area contributed by atoms with Crippen LogP contribution >= 0.6 is 0 Å². The number of amides is 1. The number of likely N-dealkylation sites (N-methyl/N-ethyl adjacent to an activating group) is 1. The van der Waals surface area contributed by atoms with Gasteiger partial charge in [0, 0.05) is 25.6 Å². The van der Waals surface area contributed by atoms with Crippen LogP contribution in [0.2, 0.25) is 0 Å². The maximum absolute atomic E-state index is 12.9. The fourth-order valence-electron chi connectivity index (χ4n) is 3.80. The van der Waals surface area contributed by atoms with Gasteiger partial charge in [0.15, 0.2) is 0 Å². The van der Waals surface area contributed by atoms with Gasteiger partial charge < -0.3 is 9.80 Å². The average molecular weight is 318 g/mol. The van der Waals surface area contributed by atoms with Crippen LogP contribution < -0.4 is 0 Å². The first-order valence-corrected chi connectivity index (χ1v) is 8.73. The minimum absolute atomic E-state index is 0.206. The van der Waals surface area contributed by atoms with E-state index in [0.29, 0.717) is 18.4 Å². The van der Waals surface area contributed by atoms with Crippen molar-refractivity contribution in [2.75, 3.05) is 27.2 Å². The molecule has 0 bridgehead atoms. The fourth-order valence-corrected chi connectivity index (χ4v) is 3.80. The van der Waals surface area contributed by atoms with E-state index in [0.717, 1.165) is 37.4 Å². The summed E-state index contributed by atoms with van der Waals surface area (Å²) in [5, 5.41) is 0. The van der Waals surface area contributed by atoms with Crippen molar-refractivity contribution in [1.29, 1.82) is 0 Å². The number of halogens is 1. The predicted octanol–water partition coefficient (Wildman–Crippen LogP) is 2.95. The van der Waals surface area contributed by atoms with Gasteiger partial charge in [0.05, 0.1) is 0 Å². The van der Waals surface area contributed by atoms with Gasteiger partial charge in [-0.3, -0.25) is 4.79 Å². The zero-order valence-electron chi connectivity index (χ0n) is 14.2. The Labute approximate surface area is 138 Å². The van der Waals surface area contributed by atoms with Gasteiger partial charge in [0.2, 0.25) is 5.91 Å². The maximum atomic E-state index is 12.9. The molecule has 1 saturated carbocycles. The molecule has 2 fully saturated rings. The van der Waals surface area contributed by atoms with Crippen LogP contribution in [0.25, 0.3) is 0 Å². The van der Waals surface area contributed by atoms with Gasteiger partial charge in [-0.25, -0.2) is 4.39 Å². The lowest BCUT2D eigenvalue weighted by molar-refractivity contribution is -0.130. The van der Waals surface area contributed by atoms with Crippen LogP contribution in [-0.4, -0.2) is 48.9 Å². The summed E-state index contributed by atoms with van der Waals surface area (Å²) < 4.78 is 12.9. The molecule has 3 nitrogen and oxygen atoms in total. The minimum Gasteiger partial charge on any atom is -0.341 e. The van der Waals surface area contributed by atoms with Crippen molar-refractivity contribution in [1.82, 2.24) is 9.80 Å². The van der Waals surface area contributed by atoms with E-state index in [2.05, 4.69) is 23.9 Å². The topological polar surface area (TPSA) is 23.6 Å². The number of hydrogen-bond acceptors (Lipinski definition) is 2. The van der Waals surface area contributed by atoms with Crippen LogP contribution in [0.3, 0.4) is 0 Å². The second-order valence-electron chi connectivity index (χ2n) is 7.31. The number of nitrogens with zero attached hydrogens (tertiary/aromatic N) is 2. The molecule has 4 heteroatoms. The highest BCUT2D eigenvalue weighted by Gasteiger charge is 2.44. The van der Waals surface area contributed by atoms with E-state index >= 15 is 0 Å². The maximum Gasteiger partial charge on any atom is 0.222 e. The van der Waals surface area contributed by atoms with Crippen LogP contribution in [0.4, 0.5) is 4.39 Å². The smallest absolute Gasteiger partial charge is 0.222 e. The summed E-state index contributed by atoms with van der Waals surface area (Å²) in [6.45, 7) is 1.81. The van der Waals surface area contributed by atoms with Gasteiger partial charge in [0.25, 0.3) is 0 Å². The van der Waals surface area contributed by atoms with Gasteiger partial charge >= 0.3 is 0 Å². The first kappa shape index (κ1) is 16.4. The first-order chi connectivity index (χ1) is 11.0. The number of carbonyl (C=O) groups is 1. The standard InChI is InChI=1S/C19H27FN2O/c1-21(2)18-13-22(12-17(18)15-8-9-15)19(23)5-3-4-14-6-10-16(20)11-7-14/h6-7,10-11,15,17-18H,3-5,8-9,12-13H2,1-2H3/t17-,18+/m0/s1. The Bertz CT molecular complexity index is 529. The molecule has 3 rings (SSSR count). The van der Waals surface area contributed by atoms with Gasteiger partial charge in [-0.1, -0.05) is 12.1 Å². The van der Waals surface area contributed by atoms with Crippen molar-refractivity contribution in [3.63, 3.8) is 0 Å². The van der Waals surface area contributed by atoms with Gasteiger partial charge in [-0.05, 0) is 69.3 Å². The summed E-state index contributed by atoms with van der Waals surface area (Å²) in [5.74, 6) is 1.57. The Balaban J connectivity index is 1.47. The Hall–Kier alpha value is -1.42. The van der Waals surface area contributed by atoms with E-state index in [1.54, 1.807) is 12.1 Å². The molecule has 1 heterocycles. The number of rotatable bonds is 6. The molecular formula is C19H27FN2O. The Kier molecular flexibility index (Phi) is 5.00. The number of hydrogen-bond donors (Lipinski definition) is 0. The highest BCUT2D eigenvalue weighted by Crippen LogP contribution is 2.42. The fraction of sp³-hybridized carbons (Fsp3) is 0.632. The highest BCUT2D eigenvalue weighted by molar-refractivity contribution is 5.76. The first-order valence-electron chi connectivity index (χ1n) is 8.73. The third kappa shape index (κ3) is 4.11. The van der Waals surface area contributed by atoms with Crippen LogP contribution in [0.1, 0.15) is 31.2 Å². The van der Waals surface area contributed by atoms with Crippen molar-refractivity contribution >= 4 is 5.91 Å². The summed E-state index contributed by atoms with van der Waals surface area (Å²) in [6.07, 6.45) is 4.93. The summed E-state index contributed by atoms with van der Waals surface area (Å²) in [6, 6.07) is 7.10. The molecule has 1 aromatic rings. The lowest BCUT2D eigenvalue weighted by Crippen LogP contribution is -2.36. The summed E-state index contributed by atoms with van der Waals surface area (Å²) >= 11 is 0. The molecule has 126 valence electrons. The second-order valence-corrected chi connectivity index (χ2v) is 7.31. The van der Waals surface area contributed by atoms with Crippen molar-refractivity contribution in [2.24, 2.45) is 11.8 Å². The number of benzene rings is 1.